The van der Waals surface area contributed by atoms with Gasteiger partial charge in [0.1, 0.15) is 0 Å². The van der Waals surface area contributed by atoms with Crippen LogP contribution in [0.3, 0.4) is 0 Å². The molecule has 0 heterocycles. The lowest BCUT2D eigenvalue weighted by atomic mass is 9.92. The molecule has 6 heteroatoms. The van der Waals surface area contributed by atoms with Crippen molar-refractivity contribution in [2.75, 3.05) is 6.44 Å². The Kier molecular flexibility index (Phi) is 4.02. The lowest BCUT2D eigenvalue weighted by Gasteiger charge is -2.05. The number of carbonyl (C=O) groups excluding carboxylic acids is 1. The van der Waals surface area contributed by atoms with Gasteiger partial charge in [0.2, 0.25) is 5.91 Å². The second-order valence-electron chi connectivity index (χ2n) is 2.01. The van der Waals surface area contributed by atoms with Crippen LogP contribution in [-0.2, 0) is 4.79 Å². The fourth-order valence-corrected chi connectivity index (χ4v) is 0.353. The van der Waals surface area contributed by atoms with E-state index in [2.05, 4.69) is 5.32 Å². The highest BCUT2D eigenvalue weighted by atomic mass is 16.4. The van der Waals surface area contributed by atoms with Gasteiger partial charge in [0.25, 0.3) is 0 Å². The van der Waals surface area contributed by atoms with Gasteiger partial charge in [0.15, 0.2) is 0 Å². The minimum atomic E-state index is -1.51. The first-order valence-electron chi connectivity index (χ1n) is 2.93. The minimum Gasteiger partial charge on any atom is -0.426 e. The van der Waals surface area contributed by atoms with Gasteiger partial charge in [-0.1, -0.05) is 0 Å². The molecule has 0 aliphatic rings. The molecule has 10 heavy (non-hydrogen) atoms. The van der Waals surface area contributed by atoms with Crippen molar-refractivity contribution >= 4 is 13.0 Å². The molecule has 0 aliphatic carbocycles. The largest absolute Gasteiger partial charge is 0.472 e. The van der Waals surface area contributed by atoms with E-state index in [-0.39, 0.29) is 6.44 Å². The SMILES string of the molecule is C[C@H](N)C(=O)NCB(O)O. The summed E-state index contributed by atoms with van der Waals surface area (Å²) >= 11 is 0. The van der Waals surface area contributed by atoms with Crippen LogP contribution in [0, 0.1) is 0 Å². The number of rotatable bonds is 3. The Morgan fingerprint density at radius 3 is 2.60 bits per heavy atom. The van der Waals surface area contributed by atoms with E-state index >= 15 is 0 Å². The summed E-state index contributed by atoms with van der Waals surface area (Å²) in [6.07, 6.45) is -0.180. The lowest BCUT2D eigenvalue weighted by Crippen LogP contribution is -2.43. The van der Waals surface area contributed by atoms with Crippen LogP contribution >= 0.6 is 0 Å². The fraction of sp³-hybridized carbons (Fsp3) is 0.750. The van der Waals surface area contributed by atoms with E-state index in [0.717, 1.165) is 0 Å². The highest BCUT2D eigenvalue weighted by Gasteiger charge is 2.11. The van der Waals surface area contributed by atoms with Gasteiger partial charge in [-0.2, -0.15) is 0 Å². The summed E-state index contributed by atoms with van der Waals surface area (Å²) in [5.41, 5.74) is 5.15. The Labute approximate surface area is 59.4 Å². The number of hydrogen-bond donors (Lipinski definition) is 4. The molecule has 0 bridgehead atoms. The molecule has 0 unspecified atom stereocenters. The highest BCUT2D eigenvalue weighted by molar-refractivity contribution is 6.41. The van der Waals surface area contributed by atoms with E-state index in [1.54, 1.807) is 0 Å². The molecule has 0 aliphatic heterocycles. The maximum absolute atomic E-state index is 10.6. The van der Waals surface area contributed by atoms with Crippen LogP contribution in [0.4, 0.5) is 0 Å². The Bertz CT molecular complexity index is 117. The number of nitrogens with two attached hydrogens (primary N) is 1. The van der Waals surface area contributed by atoms with Crippen LogP contribution in [0.15, 0.2) is 0 Å². The van der Waals surface area contributed by atoms with Crippen LogP contribution < -0.4 is 11.1 Å². The predicted molar refractivity (Wildman–Crippen MR) is 36.9 cm³/mol. The quantitative estimate of drug-likeness (QED) is 0.330. The van der Waals surface area contributed by atoms with Gasteiger partial charge in [0, 0.05) is 0 Å². The Morgan fingerprint density at radius 2 is 2.30 bits per heavy atom. The standard InChI is InChI=1S/C4H11BN2O3/c1-3(6)4(8)7-2-5(9)10/h3,9-10H,2,6H2,1H3,(H,7,8)/t3-/m0/s1. The first-order valence-corrected chi connectivity index (χ1v) is 2.93. The number of amides is 1. The van der Waals surface area contributed by atoms with Crippen LogP contribution in [-0.4, -0.2) is 35.6 Å². The third-order valence-corrected chi connectivity index (χ3v) is 0.872. The second-order valence-corrected chi connectivity index (χ2v) is 2.01. The van der Waals surface area contributed by atoms with Gasteiger partial charge in [-0.05, 0) is 6.92 Å². The van der Waals surface area contributed by atoms with E-state index in [4.69, 9.17) is 15.8 Å². The van der Waals surface area contributed by atoms with E-state index < -0.39 is 19.1 Å². The molecule has 5 N–H and O–H groups in total. The normalized spacial score (nSPS) is 12.4. The maximum Gasteiger partial charge on any atom is 0.472 e. The molecule has 0 aromatic carbocycles. The van der Waals surface area contributed by atoms with Crippen molar-refractivity contribution in [3.05, 3.63) is 0 Å². The summed E-state index contributed by atoms with van der Waals surface area (Å²) in [6.45, 7) is 1.51. The Morgan fingerprint density at radius 1 is 1.80 bits per heavy atom. The Balaban J connectivity index is 3.40. The number of nitrogens with one attached hydrogen (secondary N) is 1. The van der Waals surface area contributed by atoms with Crippen molar-refractivity contribution in [3.63, 3.8) is 0 Å². The van der Waals surface area contributed by atoms with E-state index in [1.165, 1.54) is 6.92 Å². The molecule has 0 saturated heterocycles. The van der Waals surface area contributed by atoms with Crippen LogP contribution in [0.5, 0.6) is 0 Å². The molecule has 0 rings (SSSR count). The van der Waals surface area contributed by atoms with Crippen molar-refractivity contribution < 1.29 is 14.8 Å². The van der Waals surface area contributed by atoms with Crippen LogP contribution in [0.25, 0.3) is 0 Å². The molecule has 1 atom stereocenters. The van der Waals surface area contributed by atoms with Gasteiger partial charge in [-0.25, -0.2) is 0 Å². The van der Waals surface area contributed by atoms with Gasteiger partial charge >= 0.3 is 7.12 Å². The average Bonchev–Trinajstić information content (AvgIpc) is 1.82. The summed E-state index contributed by atoms with van der Waals surface area (Å²) < 4.78 is 0. The van der Waals surface area contributed by atoms with Gasteiger partial charge in [-0.3, -0.25) is 4.79 Å². The van der Waals surface area contributed by atoms with Crippen molar-refractivity contribution in [1.29, 1.82) is 0 Å². The lowest BCUT2D eigenvalue weighted by molar-refractivity contribution is -0.121. The van der Waals surface area contributed by atoms with Crippen molar-refractivity contribution in [2.45, 2.75) is 13.0 Å². The van der Waals surface area contributed by atoms with Crippen molar-refractivity contribution in [3.8, 4) is 0 Å². The Hall–Kier alpha value is -0.585. The van der Waals surface area contributed by atoms with Crippen molar-refractivity contribution in [2.24, 2.45) is 5.73 Å². The van der Waals surface area contributed by atoms with Gasteiger partial charge < -0.3 is 21.1 Å². The van der Waals surface area contributed by atoms with E-state index in [0.29, 0.717) is 0 Å². The third-order valence-electron chi connectivity index (χ3n) is 0.872. The van der Waals surface area contributed by atoms with Crippen LogP contribution in [0.2, 0.25) is 0 Å². The molecule has 58 valence electrons. The zero-order valence-electron chi connectivity index (χ0n) is 5.74. The highest BCUT2D eigenvalue weighted by Crippen LogP contribution is 1.73. The van der Waals surface area contributed by atoms with E-state index in [1.807, 2.05) is 0 Å². The molecule has 5 nitrogen and oxygen atoms in total. The van der Waals surface area contributed by atoms with Crippen LogP contribution in [0.1, 0.15) is 6.92 Å². The molecule has 0 aromatic heterocycles. The molecule has 0 aromatic rings. The topological polar surface area (TPSA) is 95.6 Å². The number of hydrogen-bond acceptors (Lipinski definition) is 4. The second kappa shape index (κ2) is 4.27. The summed E-state index contributed by atoms with van der Waals surface area (Å²) in [5, 5.41) is 18.8. The van der Waals surface area contributed by atoms with Crippen molar-refractivity contribution in [1.82, 2.24) is 5.32 Å². The first kappa shape index (κ1) is 9.41. The zero-order chi connectivity index (χ0) is 8.15. The summed E-state index contributed by atoms with van der Waals surface area (Å²) in [6, 6.07) is -0.612. The molecule has 0 saturated carbocycles. The number of carbonyl (C=O) groups is 1. The first-order chi connectivity index (χ1) is 4.54. The summed E-state index contributed by atoms with van der Waals surface area (Å²) in [4.78, 5) is 10.6. The van der Waals surface area contributed by atoms with Gasteiger partial charge in [-0.15, -0.1) is 0 Å². The summed E-state index contributed by atoms with van der Waals surface area (Å²) in [5.74, 6) is -0.395. The van der Waals surface area contributed by atoms with E-state index in [9.17, 15) is 4.79 Å². The molecule has 0 radical (unpaired) electrons. The smallest absolute Gasteiger partial charge is 0.426 e. The van der Waals surface area contributed by atoms with Gasteiger partial charge in [0.05, 0.1) is 12.5 Å². The third kappa shape index (κ3) is 4.31. The predicted octanol–water partition coefficient (Wildman–Crippen LogP) is -2.54. The molecule has 0 spiro atoms. The molecule has 0 fully saturated rings. The monoisotopic (exact) mass is 146 g/mol. The molecular weight excluding hydrogens is 135 g/mol. The fourth-order valence-electron chi connectivity index (χ4n) is 0.353. The zero-order valence-corrected chi connectivity index (χ0v) is 5.74. The molecular formula is C4H11BN2O3. The summed E-state index contributed by atoms with van der Waals surface area (Å²) in [7, 11) is -1.51. The minimum absolute atomic E-state index is 0.180. The maximum atomic E-state index is 10.6. The molecule has 1 amide bonds. The average molecular weight is 146 g/mol.